The van der Waals surface area contributed by atoms with E-state index in [1.54, 1.807) is 45.0 Å². The Hall–Kier alpha value is -3.10. The molecule has 1 fully saturated rings. The minimum absolute atomic E-state index is 0.253. The fourth-order valence-electron chi connectivity index (χ4n) is 3.49. The van der Waals surface area contributed by atoms with E-state index < -0.39 is 47.4 Å². The summed E-state index contributed by atoms with van der Waals surface area (Å²) in [7, 11) is 0. The van der Waals surface area contributed by atoms with E-state index in [0.717, 1.165) is 0 Å². The number of benzene rings is 1. The molecule has 1 heterocycles. The molecule has 0 radical (unpaired) electrons. The number of amides is 3. The molecule has 1 saturated heterocycles. The maximum Gasteiger partial charge on any atom is 0.410 e. The highest BCUT2D eigenvalue weighted by molar-refractivity contribution is 5.93. The third kappa shape index (κ3) is 5.71. The molecule has 0 saturated carbocycles. The molecule has 164 valence electrons. The van der Waals surface area contributed by atoms with Crippen molar-refractivity contribution in [3.8, 4) is 0 Å². The predicted molar refractivity (Wildman–Crippen MR) is 106 cm³/mol. The van der Waals surface area contributed by atoms with E-state index in [-0.39, 0.29) is 25.9 Å². The van der Waals surface area contributed by atoms with Gasteiger partial charge in [0, 0.05) is 13.1 Å². The number of nitrogens with one attached hydrogen (secondary N) is 1. The molecule has 30 heavy (non-hydrogen) atoms. The lowest BCUT2D eigenvalue weighted by molar-refractivity contribution is -0.308. The van der Waals surface area contributed by atoms with Crippen LogP contribution in [0.25, 0.3) is 0 Å². The summed E-state index contributed by atoms with van der Waals surface area (Å²) in [5, 5.41) is 13.8. The third-order valence-electron chi connectivity index (χ3n) is 5.02. The molecule has 1 aromatic rings. The van der Waals surface area contributed by atoms with Crippen LogP contribution in [0.4, 0.5) is 4.79 Å². The van der Waals surface area contributed by atoms with E-state index in [1.807, 2.05) is 6.07 Å². The number of hydrogen-bond acceptors (Lipinski definition) is 6. The zero-order chi connectivity index (χ0) is 22.5. The molecule has 0 spiro atoms. The average molecular weight is 418 g/mol. The van der Waals surface area contributed by atoms with Crippen molar-refractivity contribution in [3.63, 3.8) is 0 Å². The molecule has 9 nitrogen and oxygen atoms in total. The Morgan fingerprint density at radius 3 is 2.20 bits per heavy atom. The molecule has 0 aliphatic carbocycles. The van der Waals surface area contributed by atoms with Gasteiger partial charge in [0.25, 0.3) is 0 Å². The topological polar surface area (TPSA) is 142 Å². The van der Waals surface area contributed by atoms with Crippen LogP contribution in [0.1, 0.15) is 45.6 Å². The first-order chi connectivity index (χ1) is 13.9. The van der Waals surface area contributed by atoms with Gasteiger partial charge in [-0.15, -0.1) is 0 Å². The molecule has 1 aliphatic rings. The number of carbonyl (C=O) groups is 4. The van der Waals surface area contributed by atoms with Crippen LogP contribution < -0.4 is 16.2 Å². The van der Waals surface area contributed by atoms with Gasteiger partial charge < -0.3 is 30.6 Å². The number of ether oxygens (including phenoxy) is 1. The van der Waals surface area contributed by atoms with Crippen LogP contribution >= 0.6 is 0 Å². The number of rotatable bonds is 6. The minimum Gasteiger partial charge on any atom is -0.548 e. The second kappa shape index (κ2) is 9.15. The number of likely N-dealkylation sites (tertiary alicyclic amines) is 1. The van der Waals surface area contributed by atoms with E-state index >= 15 is 0 Å². The fourth-order valence-corrected chi connectivity index (χ4v) is 3.49. The van der Waals surface area contributed by atoms with Gasteiger partial charge in [-0.1, -0.05) is 30.3 Å². The van der Waals surface area contributed by atoms with Gasteiger partial charge in [-0.3, -0.25) is 9.59 Å². The predicted octanol–water partition coefficient (Wildman–Crippen LogP) is 0.0654. The van der Waals surface area contributed by atoms with Crippen molar-refractivity contribution < 1.29 is 29.0 Å². The summed E-state index contributed by atoms with van der Waals surface area (Å²) in [6.45, 7) is 5.83. The number of carboxylic acid groups (broad SMARTS) is 1. The minimum atomic E-state index is -1.59. The van der Waals surface area contributed by atoms with Crippen molar-refractivity contribution in [2.75, 3.05) is 13.1 Å². The number of nitrogens with two attached hydrogens (primary N) is 1. The maximum atomic E-state index is 13.2. The third-order valence-corrected chi connectivity index (χ3v) is 5.02. The van der Waals surface area contributed by atoms with E-state index in [4.69, 9.17) is 10.5 Å². The smallest absolute Gasteiger partial charge is 0.410 e. The van der Waals surface area contributed by atoms with Gasteiger partial charge in [-0.2, -0.15) is 0 Å². The van der Waals surface area contributed by atoms with Crippen LogP contribution in [0.3, 0.4) is 0 Å². The summed E-state index contributed by atoms with van der Waals surface area (Å²) in [6, 6.07) is 7.41. The van der Waals surface area contributed by atoms with Gasteiger partial charge in [0.15, 0.2) is 0 Å². The highest BCUT2D eigenvalue weighted by Gasteiger charge is 2.45. The number of hydrogen-bond donors (Lipinski definition) is 2. The van der Waals surface area contributed by atoms with Crippen LogP contribution in [-0.4, -0.2) is 53.5 Å². The van der Waals surface area contributed by atoms with Crippen molar-refractivity contribution in [1.82, 2.24) is 10.2 Å². The van der Waals surface area contributed by atoms with Gasteiger partial charge in [-0.05, 0) is 39.2 Å². The standard InChI is InChI=1S/C21H29N3O6/c1-20(2,3)30-19(29)24-11-9-21(10-12-24,14-7-5-4-6-8-14)18(28)23-15(17(26)27)13-16(22)25/h4-8,15H,9-13H2,1-3H3,(H2,22,25)(H,23,28)(H,26,27)/p-1/t15-/m0/s1. The van der Waals surface area contributed by atoms with Crippen LogP contribution in [0.2, 0.25) is 0 Å². The molecule has 9 heteroatoms. The Morgan fingerprint density at radius 2 is 1.73 bits per heavy atom. The Kier molecular flexibility index (Phi) is 7.07. The SMILES string of the molecule is CC(C)(C)OC(=O)N1CCC(C(=O)N[C@@H](CC(N)=O)C(=O)[O-])(c2ccccc2)CC1. The molecular formula is C21H28N3O6-. The van der Waals surface area contributed by atoms with Gasteiger partial charge in [0.05, 0.1) is 23.8 Å². The molecular weight excluding hydrogens is 390 g/mol. The van der Waals surface area contributed by atoms with Gasteiger partial charge in [0.2, 0.25) is 11.8 Å². The molecule has 1 aliphatic heterocycles. The lowest BCUT2D eigenvalue weighted by Crippen LogP contribution is -2.58. The lowest BCUT2D eigenvalue weighted by Gasteiger charge is -2.42. The van der Waals surface area contributed by atoms with Crippen LogP contribution in [0, 0.1) is 0 Å². The first-order valence-corrected chi connectivity index (χ1v) is 9.78. The lowest BCUT2D eigenvalue weighted by atomic mass is 9.72. The van der Waals surface area contributed by atoms with Crippen LogP contribution in [0.15, 0.2) is 30.3 Å². The molecule has 2 rings (SSSR count). The van der Waals surface area contributed by atoms with E-state index in [1.165, 1.54) is 4.90 Å². The van der Waals surface area contributed by atoms with Crippen LogP contribution in [0.5, 0.6) is 0 Å². The van der Waals surface area contributed by atoms with E-state index in [2.05, 4.69) is 5.32 Å². The Labute approximate surface area is 175 Å². The monoisotopic (exact) mass is 418 g/mol. The summed E-state index contributed by atoms with van der Waals surface area (Å²) < 4.78 is 5.40. The molecule has 3 N–H and O–H groups in total. The maximum absolute atomic E-state index is 13.2. The number of carbonyl (C=O) groups excluding carboxylic acids is 4. The number of primary amides is 1. The summed E-state index contributed by atoms with van der Waals surface area (Å²) >= 11 is 0. The number of aliphatic carboxylic acids is 1. The Morgan fingerprint density at radius 1 is 1.17 bits per heavy atom. The van der Waals surface area contributed by atoms with Crippen molar-refractivity contribution in [2.24, 2.45) is 5.73 Å². The molecule has 1 atom stereocenters. The zero-order valence-corrected chi connectivity index (χ0v) is 17.5. The van der Waals surface area contributed by atoms with Crippen molar-refractivity contribution in [3.05, 3.63) is 35.9 Å². The molecule has 0 unspecified atom stereocenters. The van der Waals surface area contributed by atoms with Gasteiger partial charge in [-0.25, -0.2) is 4.79 Å². The van der Waals surface area contributed by atoms with Gasteiger partial charge in [0.1, 0.15) is 5.60 Å². The zero-order valence-electron chi connectivity index (χ0n) is 17.5. The number of carboxylic acids is 1. The average Bonchev–Trinajstić information content (AvgIpc) is 2.66. The normalized spacial score (nSPS) is 17.0. The number of nitrogens with zero attached hydrogens (tertiary/aromatic N) is 1. The second-order valence-electron chi connectivity index (χ2n) is 8.43. The largest absolute Gasteiger partial charge is 0.548 e. The highest BCUT2D eigenvalue weighted by Crippen LogP contribution is 2.36. The summed E-state index contributed by atoms with van der Waals surface area (Å²) in [5.74, 6) is -3.00. The van der Waals surface area contributed by atoms with Crippen molar-refractivity contribution in [2.45, 2.75) is 57.1 Å². The molecule has 3 amide bonds. The fraction of sp³-hybridized carbons (Fsp3) is 0.524. The highest BCUT2D eigenvalue weighted by atomic mass is 16.6. The van der Waals surface area contributed by atoms with E-state index in [9.17, 15) is 24.3 Å². The summed E-state index contributed by atoms with van der Waals surface area (Å²) in [5.41, 5.74) is 4.08. The van der Waals surface area contributed by atoms with Crippen LogP contribution in [-0.2, 0) is 24.5 Å². The Bertz CT molecular complexity index is 795. The molecule has 0 aromatic heterocycles. The Balaban J connectivity index is 2.25. The van der Waals surface area contributed by atoms with Gasteiger partial charge >= 0.3 is 6.09 Å². The first kappa shape index (κ1) is 23.2. The van der Waals surface area contributed by atoms with Crippen molar-refractivity contribution in [1.29, 1.82) is 0 Å². The summed E-state index contributed by atoms with van der Waals surface area (Å²) in [6.07, 6.45) is -0.509. The quantitative estimate of drug-likeness (QED) is 0.669. The van der Waals surface area contributed by atoms with E-state index in [0.29, 0.717) is 5.56 Å². The molecule has 1 aromatic carbocycles. The summed E-state index contributed by atoms with van der Waals surface area (Å²) in [4.78, 5) is 49.7. The van der Waals surface area contributed by atoms with Crippen molar-refractivity contribution >= 4 is 23.9 Å². The number of piperidine rings is 1. The second-order valence-corrected chi connectivity index (χ2v) is 8.43. The first-order valence-electron chi connectivity index (χ1n) is 9.78. The molecule has 0 bridgehead atoms.